The number of carbonyl (C=O) groups excluding carboxylic acids is 1. The fraction of sp³-hybridized carbons (Fsp3) is 0.333. The number of halogens is 3. The zero-order valence-corrected chi connectivity index (χ0v) is 15.5. The summed E-state index contributed by atoms with van der Waals surface area (Å²) in [4.78, 5) is 23.5. The first-order valence-electron chi connectivity index (χ1n) is 8.69. The highest BCUT2D eigenvalue weighted by atomic mass is 19.4. The molecule has 0 radical (unpaired) electrons. The lowest BCUT2D eigenvalue weighted by Gasteiger charge is -2.18. The maximum Gasteiger partial charge on any atom is 0.416 e. The van der Waals surface area contributed by atoms with Crippen molar-refractivity contribution < 1.29 is 32.6 Å². The molecule has 0 aliphatic heterocycles. The number of benzene rings is 2. The molecular weight excluding hydrogens is 373 g/mol. The molecule has 2 aromatic rings. The van der Waals surface area contributed by atoms with Crippen LogP contribution >= 0.6 is 0 Å². The summed E-state index contributed by atoms with van der Waals surface area (Å²) < 4.78 is 43.9. The van der Waals surface area contributed by atoms with E-state index in [1.807, 2.05) is 0 Å². The van der Waals surface area contributed by atoms with Gasteiger partial charge in [0.05, 0.1) is 17.6 Å². The van der Waals surface area contributed by atoms with Gasteiger partial charge in [0.1, 0.15) is 5.75 Å². The zero-order valence-electron chi connectivity index (χ0n) is 15.5. The lowest BCUT2D eigenvalue weighted by Crippen LogP contribution is -2.24. The van der Waals surface area contributed by atoms with Gasteiger partial charge < -0.3 is 9.84 Å². The van der Waals surface area contributed by atoms with Crippen molar-refractivity contribution in [2.24, 2.45) is 5.41 Å². The topological polar surface area (TPSA) is 63.6 Å². The minimum absolute atomic E-state index is 0.0422. The third kappa shape index (κ3) is 5.58. The van der Waals surface area contributed by atoms with Crippen LogP contribution in [0.1, 0.15) is 48.2 Å². The quantitative estimate of drug-likeness (QED) is 0.493. The molecule has 0 amide bonds. The van der Waals surface area contributed by atoms with Gasteiger partial charge in [-0.15, -0.1) is 0 Å². The highest BCUT2D eigenvalue weighted by Gasteiger charge is 2.31. The normalized spacial score (nSPS) is 11.9. The molecule has 2 rings (SSSR count). The number of rotatable bonds is 8. The molecule has 0 spiro atoms. The molecule has 7 heteroatoms. The second-order valence-corrected chi connectivity index (χ2v) is 7.07. The fourth-order valence-corrected chi connectivity index (χ4v) is 2.52. The highest BCUT2D eigenvalue weighted by Crippen LogP contribution is 2.30. The van der Waals surface area contributed by atoms with Crippen molar-refractivity contribution in [3.8, 4) is 5.75 Å². The van der Waals surface area contributed by atoms with Crippen LogP contribution in [0.15, 0.2) is 48.5 Å². The number of ketones is 1. The van der Waals surface area contributed by atoms with Gasteiger partial charge in [-0.25, -0.2) is 0 Å². The molecule has 0 saturated heterocycles. The molecule has 0 bridgehead atoms. The van der Waals surface area contributed by atoms with Crippen molar-refractivity contribution in [1.29, 1.82) is 0 Å². The first-order valence-corrected chi connectivity index (χ1v) is 8.69. The Morgan fingerprint density at radius 2 is 1.64 bits per heavy atom. The Balaban J connectivity index is 1.97. The number of carboxylic acids is 1. The molecule has 0 unspecified atom stereocenters. The van der Waals surface area contributed by atoms with Gasteiger partial charge in [-0.2, -0.15) is 13.2 Å². The maximum atomic E-state index is 12.8. The summed E-state index contributed by atoms with van der Waals surface area (Å²) in [6, 6.07) is 10.4. The van der Waals surface area contributed by atoms with E-state index in [0.717, 1.165) is 12.1 Å². The van der Waals surface area contributed by atoms with Crippen LogP contribution in [0.2, 0.25) is 0 Å². The standard InChI is InChI=1S/C21H21F3O4/c1-20(2,19(26)27)11-4-12-28-17-9-7-14(8-10-17)18(25)15-5-3-6-16(13-15)21(22,23)24/h3,5-10,13H,4,11-12H2,1-2H3,(H,26,27). The van der Waals surface area contributed by atoms with Gasteiger partial charge in [-0.3, -0.25) is 9.59 Å². The van der Waals surface area contributed by atoms with Crippen molar-refractivity contribution in [1.82, 2.24) is 0 Å². The van der Waals surface area contributed by atoms with Crippen molar-refractivity contribution >= 4 is 11.8 Å². The van der Waals surface area contributed by atoms with Crippen LogP contribution in [-0.2, 0) is 11.0 Å². The maximum absolute atomic E-state index is 12.8. The summed E-state index contributed by atoms with van der Waals surface area (Å²) >= 11 is 0. The fourth-order valence-electron chi connectivity index (χ4n) is 2.52. The second-order valence-electron chi connectivity index (χ2n) is 7.07. The molecule has 2 aromatic carbocycles. The van der Waals surface area contributed by atoms with Crippen LogP contribution in [0.5, 0.6) is 5.75 Å². The SMILES string of the molecule is CC(C)(CCCOc1ccc(C(=O)c2cccc(C(F)(F)F)c2)cc1)C(=O)O. The molecule has 1 N–H and O–H groups in total. The van der Waals surface area contributed by atoms with Crippen molar-refractivity contribution in [2.45, 2.75) is 32.9 Å². The van der Waals surface area contributed by atoms with E-state index < -0.39 is 28.9 Å². The van der Waals surface area contributed by atoms with E-state index >= 15 is 0 Å². The monoisotopic (exact) mass is 394 g/mol. The van der Waals surface area contributed by atoms with Gasteiger partial charge in [0, 0.05) is 11.1 Å². The van der Waals surface area contributed by atoms with Crippen molar-refractivity contribution in [3.63, 3.8) is 0 Å². The van der Waals surface area contributed by atoms with E-state index in [0.29, 0.717) is 25.2 Å². The number of hydrogen-bond donors (Lipinski definition) is 1. The van der Waals surface area contributed by atoms with Crippen LogP contribution < -0.4 is 4.74 Å². The Kier molecular flexibility index (Phi) is 6.48. The second kappa shape index (κ2) is 8.46. The van der Waals surface area contributed by atoms with Crippen molar-refractivity contribution in [2.75, 3.05) is 6.61 Å². The first kappa shape index (κ1) is 21.5. The molecule has 4 nitrogen and oxygen atoms in total. The summed E-state index contributed by atoms with van der Waals surface area (Å²) in [7, 11) is 0. The van der Waals surface area contributed by atoms with E-state index in [1.165, 1.54) is 24.3 Å². The molecule has 28 heavy (non-hydrogen) atoms. The summed E-state index contributed by atoms with van der Waals surface area (Å²) in [6.07, 6.45) is -3.51. The molecular formula is C21H21F3O4. The minimum Gasteiger partial charge on any atom is -0.494 e. The molecule has 0 aliphatic carbocycles. The summed E-state index contributed by atoms with van der Waals surface area (Å²) in [5, 5.41) is 9.06. The molecule has 150 valence electrons. The average Bonchev–Trinajstić information content (AvgIpc) is 2.64. The van der Waals surface area contributed by atoms with Gasteiger partial charge >= 0.3 is 12.1 Å². The molecule has 0 saturated carbocycles. The highest BCUT2D eigenvalue weighted by molar-refractivity contribution is 6.09. The van der Waals surface area contributed by atoms with Gasteiger partial charge in [0.15, 0.2) is 5.78 Å². The molecule has 0 aromatic heterocycles. The minimum atomic E-state index is -4.51. The van der Waals surface area contributed by atoms with E-state index in [9.17, 15) is 22.8 Å². The number of aliphatic carboxylic acids is 1. The van der Waals surface area contributed by atoms with Crippen molar-refractivity contribution in [3.05, 3.63) is 65.2 Å². The molecule has 0 heterocycles. The van der Waals surface area contributed by atoms with Gasteiger partial charge in [-0.1, -0.05) is 12.1 Å². The summed E-state index contributed by atoms with van der Waals surface area (Å²) in [5.74, 6) is -0.889. The number of carbonyl (C=O) groups is 2. The van der Waals surface area contributed by atoms with E-state index in [1.54, 1.807) is 26.0 Å². The van der Waals surface area contributed by atoms with Gasteiger partial charge in [0.2, 0.25) is 0 Å². The van der Waals surface area contributed by atoms with Crippen LogP contribution in [0, 0.1) is 5.41 Å². The largest absolute Gasteiger partial charge is 0.494 e. The van der Waals surface area contributed by atoms with E-state index in [2.05, 4.69) is 0 Å². The predicted molar refractivity (Wildman–Crippen MR) is 97.5 cm³/mol. The van der Waals surface area contributed by atoms with Crippen LogP contribution in [0.25, 0.3) is 0 Å². The summed E-state index contributed by atoms with van der Waals surface area (Å²) in [5.41, 5.74) is -1.49. The van der Waals surface area contributed by atoms with Gasteiger partial charge in [-0.05, 0) is 63.1 Å². The van der Waals surface area contributed by atoms with Gasteiger partial charge in [0.25, 0.3) is 0 Å². The Morgan fingerprint density at radius 1 is 1.00 bits per heavy atom. The number of hydrogen-bond acceptors (Lipinski definition) is 3. The average molecular weight is 394 g/mol. The zero-order chi connectivity index (χ0) is 20.9. The molecule has 0 atom stereocenters. The first-order chi connectivity index (χ1) is 13.0. The molecule has 0 aliphatic rings. The predicted octanol–water partition coefficient (Wildman–Crippen LogP) is 5.21. The smallest absolute Gasteiger partial charge is 0.416 e. The lowest BCUT2D eigenvalue weighted by atomic mass is 9.88. The Labute approximate surface area is 161 Å². The lowest BCUT2D eigenvalue weighted by molar-refractivity contribution is -0.147. The number of ether oxygens (including phenoxy) is 1. The van der Waals surface area contributed by atoms with E-state index in [-0.39, 0.29) is 11.1 Å². The number of carboxylic acid groups (broad SMARTS) is 1. The third-order valence-electron chi connectivity index (χ3n) is 4.36. The van der Waals surface area contributed by atoms with E-state index in [4.69, 9.17) is 9.84 Å². The van der Waals surface area contributed by atoms with Crippen LogP contribution in [0.4, 0.5) is 13.2 Å². The van der Waals surface area contributed by atoms with Crippen LogP contribution in [0.3, 0.4) is 0 Å². The van der Waals surface area contributed by atoms with Crippen LogP contribution in [-0.4, -0.2) is 23.5 Å². The Bertz CT molecular complexity index is 839. The summed E-state index contributed by atoms with van der Waals surface area (Å²) in [6.45, 7) is 3.60. The Hall–Kier alpha value is -2.83. The third-order valence-corrected chi connectivity index (χ3v) is 4.36. The number of alkyl halides is 3. The Morgan fingerprint density at radius 3 is 2.21 bits per heavy atom. The molecule has 0 fully saturated rings.